The van der Waals surface area contributed by atoms with Gasteiger partial charge in [-0.2, -0.15) is 4.31 Å². The van der Waals surface area contributed by atoms with Gasteiger partial charge in [-0.3, -0.25) is 4.79 Å². The van der Waals surface area contributed by atoms with Gasteiger partial charge in [0.15, 0.2) is 0 Å². The van der Waals surface area contributed by atoms with E-state index in [1.54, 1.807) is 13.8 Å². The highest BCUT2D eigenvalue weighted by Crippen LogP contribution is 2.28. The largest absolute Gasteiger partial charge is 0.382 e. The third-order valence-electron chi connectivity index (χ3n) is 3.21. The lowest BCUT2D eigenvalue weighted by atomic mass is 10.0. The van der Waals surface area contributed by atoms with Crippen molar-refractivity contribution in [2.45, 2.75) is 24.3 Å². The molecule has 1 amide bonds. The number of nitrogens with zero attached hydrogens (tertiary/aromatic N) is 2. The Morgan fingerprint density at radius 2 is 2.15 bits per heavy atom. The molecule has 110 valence electrons. The molecule has 9 heteroatoms. The molecule has 20 heavy (non-hydrogen) atoms. The molecule has 7 nitrogen and oxygen atoms in total. The maximum atomic E-state index is 12.6. The van der Waals surface area contributed by atoms with Crippen LogP contribution in [0.2, 0.25) is 5.02 Å². The minimum Gasteiger partial charge on any atom is -0.382 e. The highest BCUT2D eigenvalue weighted by Gasteiger charge is 2.45. The first-order chi connectivity index (χ1) is 9.17. The Morgan fingerprint density at radius 3 is 2.75 bits per heavy atom. The number of carbonyl (C=O) groups is 1. The Morgan fingerprint density at radius 1 is 1.50 bits per heavy atom. The van der Waals surface area contributed by atoms with Crippen molar-refractivity contribution in [2.75, 3.05) is 18.8 Å². The smallest absolute Gasteiger partial charge is 0.245 e. The lowest BCUT2D eigenvalue weighted by molar-refractivity contribution is -0.131. The van der Waals surface area contributed by atoms with E-state index in [0.717, 1.165) is 10.5 Å². The molecule has 0 aliphatic carbocycles. The summed E-state index contributed by atoms with van der Waals surface area (Å²) in [7, 11) is -3.87. The Balaban J connectivity index is 2.49. The molecule has 1 aromatic heterocycles. The van der Waals surface area contributed by atoms with Gasteiger partial charge in [0.2, 0.25) is 15.9 Å². The van der Waals surface area contributed by atoms with Gasteiger partial charge in [-0.15, -0.1) is 0 Å². The van der Waals surface area contributed by atoms with Crippen LogP contribution >= 0.6 is 11.6 Å². The minimum atomic E-state index is -3.87. The molecule has 1 aliphatic rings. The summed E-state index contributed by atoms with van der Waals surface area (Å²) in [5.74, 6) is -0.289. The molecule has 2 heterocycles. The van der Waals surface area contributed by atoms with Crippen molar-refractivity contribution >= 4 is 33.3 Å². The number of carbonyl (C=O) groups excluding carboxylic acids is 1. The zero-order valence-electron chi connectivity index (χ0n) is 11.1. The number of piperazine rings is 1. The van der Waals surface area contributed by atoms with Crippen LogP contribution in [0.3, 0.4) is 0 Å². The SMILES string of the molecule is CC1(C)C(=O)NCCN1S(=O)(=O)c1cnc(N)c(Cl)c1. The second-order valence-corrected chi connectivity index (χ2v) is 7.20. The normalized spacial score (nSPS) is 19.6. The molecule has 0 unspecified atom stereocenters. The molecule has 0 aromatic carbocycles. The molecule has 0 atom stereocenters. The Hall–Kier alpha value is -1.38. The number of nitrogen functional groups attached to an aromatic ring is 1. The van der Waals surface area contributed by atoms with Gasteiger partial charge in [0.25, 0.3) is 0 Å². The van der Waals surface area contributed by atoms with Crippen LogP contribution in [0.15, 0.2) is 17.2 Å². The fraction of sp³-hybridized carbons (Fsp3) is 0.455. The quantitative estimate of drug-likeness (QED) is 0.811. The zero-order chi connectivity index (χ0) is 15.1. The van der Waals surface area contributed by atoms with Gasteiger partial charge in [-0.1, -0.05) is 11.6 Å². The number of aromatic nitrogens is 1. The summed E-state index contributed by atoms with van der Waals surface area (Å²) >= 11 is 5.81. The maximum Gasteiger partial charge on any atom is 0.245 e. The van der Waals surface area contributed by atoms with Gasteiger partial charge >= 0.3 is 0 Å². The first kappa shape index (κ1) is 15.0. The zero-order valence-corrected chi connectivity index (χ0v) is 12.6. The Bertz CT molecular complexity index is 660. The van der Waals surface area contributed by atoms with E-state index in [-0.39, 0.29) is 34.7 Å². The van der Waals surface area contributed by atoms with Crippen LogP contribution in [0.4, 0.5) is 5.82 Å². The van der Waals surface area contributed by atoms with Crippen LogP contribution in [0.1, 0.15) is 13.8 Å². The Labute approximate surface area is 122 Å². The molecule has 1 saturated heterocycles. The van der Waals surface area contributed by atoms with E-state index < -0.39 is 15.6 Å². The molecular weight excluding hydrogens is 304 g/mol. The molecule has 2 rings (SSSR count). The fourth-order valence-corrected chi connectivity index (χ4v) is 3.95. The molecule has 1 aliphatic heterocycles. The van der Waals surface area contributed by atoms with Gasteiger partial charge in [-0.05, 0) is 19.9 Å². The fourth-order valence-electron chi connectivity index (χ4n) is 2.00. The number of rotatable bonds is 2. The van der Waals surface area contributed by atoms with E-state index in [1.807, 2.05) is 0 Å². The lowest BCUT2D eigenvalue weighted by Gasteiger charge is -2.39. The number of halogens is 1. The van der Waals surface area contributed by atoms with Gasteiger partial charge in [0.05, 0.1) is 5.02 Å². The monoisotopic (exact) mass is 318 g/mol. The van der Waals surface area contributed by atoms with Crippen molar-refractivity contribution in [3.8, 4) is 0 Å². The summed E-state index contributed by atoms with van der Waals surface area (Å²) in [6.07, 6.45) is 1.14. The van der Waals surface area contributed by atoms with Gasteiger partial charge < -0.3 is 11.1 Å². The maximum absolute atomic E-state index is 12.6. The predicted molar refractivity (Wildman–Crippen MR) is 74.6 cm³/mol. The standard InChI is InChI=1S/C11H15ClN4O3S/c1-11(2)10(17)14-3-4-16(11)20(18,19)7-5-8(12)9(13)15-6-7/h5-6H,3-4H2,1-2H3,(H2,13,15)(H,14,17). The van der Waals surface area contributed by atoms with Crippen molar-refractivity contribution in [2.24, 2.45) is 0 Å². The molecule has 1 fully saturated rings. The van der Waals surface area contributed by atoms with E-state index in [2.05, 4.69) is 10.3 Å². The number of sulfonamides is 1. The van der Waals surface area contributed by atoms with Crippen molar-refractivity contribution in [3.05, 3.63) is 17.3 Å². The van der Waals surface area contributed by atoms with E-state index in [9.17, 15) is 13.2 Å². The van der Waals surface area contributed by atoms with Crippen LogP contribution in [-0.2, 0) is 14.8 Å². The topological polar surface area (TPSA) is 105 Å². The molecule has 1 aromatic rings. The number of hydrogen-bond acceptors (Lipinski definition) is 5. The highest BCUT2D eigenvalue weighted by atomic mass is 35.5. The van der Waals surface area contributed by atoms with E-state index in [4.69, 9.17) is 17.3 Å². The average Bonchev–Trinajstić information content (AvgIpc) is 2.35. The van der Waals surface area contributed by atoms with Crippen LogP contribution in [0, 0.1) is 0 Å². The number of amides is 1. The van der Waals surface area contributed by atoms with E-state index in [0.29, 0.717) is 0 Å². The summed E-state index contributed by atoms with van der Waals surface area (Å²) < 4.78 is 26.4. The van der Waals surface area contributed by atoms with Gasteiger partial charge in [0.1, 0.15) is 16.3 Å². The summed E-state index contributed by atoms with van der Waals surface area (Å²) in [4.78, 5) is 15.5. The van der Waals surface area contributed by atoms with Gasteiger partial charge in [0, 0.05) is 19.3 Å². The van der Waals surface area contributed by atoms with E-state index in [1.165, 1.54) is 6.07 Å². The molecule has 0 saturated carbocycles. The first-order valence-electron chi connectivity index (χ1n) is 5.89. The number of nitrogens with two attached hydrogens (primary N) is 1. The predicted octanol–water partition coefficient (Wildman–Crippen LogP) is 0.216. The van der Waals surface area contributed by atoms with Crippen LogP contribution < -0.4 is 11.1 Å². The first-order valence-corrected chi connectivity index (χ1v) is 7.71. The van der Waals surface area contributed by atoms with Crippen molar-refractivity contribution in [1.82, 2.24) is 14.6 Å². The number of hydrogen-bond donors (Lipinski definition) is 2. The second-order valence-electron chi connectivity index (χ2n) is 4.93. The third-order valence-corrected chi connectivity index (χ3v) is 5.55. The van der Waals surface area contributed by atoms with Crippen LogP contribution in [0.25, 0.3) is 0 Å². The number of anilines is 1. The van der Waals surface area contributed by atoms with E-state index >= 15 is 0 Å². The van der Waals surface area contributed by atoms with Gasteiger partial charge in [-0.25, -0.2) is 13.4 Å². The summed E-state index contributed by atoms with van der Waals surface area (Å²) in [6, 6.07) is 1.24. The number of pyridine rings is 1. The Kier molecular flexibility index (Phi) is 3.66. The van der Waals surface area contributed by atoms with Crippen molar-refractivity contribution < 1.29 is 13.2 Å². The average molecular weight is 319 g/mol. The van der Waals surface area contributed by atoms with Crippen molar-refractivity contribution in [3.63, 3.8) is 0 Å². The van der Waals surface area contributed by atoms with Crippen molar-refractivity contribution in [1.29, 1.82) is 0 Å². The lowest BCUT2D eigenvalue weighted by Crippen LogP contribution is -2.63. The second kappa shape index (κ2) is 4.87. The minimum absolute atomic E-state index is 0.0567. The molecule has 0 spiro atoms. The molecule has 0 radical (unpaired) electrons. The summed E-state index contributed by atoms with van der Waals surface area (Å²) in [5, 5.41) is 2.70. The summed E-state index contributed by atoms with van der Waals surface area (Å²) in [6.45, 7) is 3.54. The molecule has 0 bridgehead atoms. The molecule has 3 N–H and O–H groups in total. The summed E-state index contributed by atoms with van der Waals surface area (Å²) in [5.41, 5.74) is 4.29. The highest BCUT2D eigenvalue weighted by molar-refractivity contribution is 7.89. The van der Waals surface area contributed by atoms with Crippen LogP contribution in [0.5, 0.6) is 0 Å². The molecular formula is C11H15ClN4O3S. The number of nitrogens with one attached hydrogen (secondary N) is 1. The third kappa shape index (κ3) is 2.34. The van der Waals surface area contributed by atoms with Crippen LogP contribution in [-0.4, -0.2) is 42.2 Å².